The number of hydrogen-bond acceptors (Lipinski definition) is 5. The summed E-state index contributed by atoms with van der Waals surface area (Å²) in [6, 6.07) is 9.06. The molecule has 1 aromatic heterocycles. The Morgan fingerprint density at radius 1 is 1.36 bits per heavy atom. The van der Waals surface area contributed by atoms with Gasteiger partial charge in [0.2, 0.25) is 5.82 Å². The molecule has 0 bridgehead atoms. The van der Waals surface area contributed by atoms with Crippen LogP contribution in [0.2, 0.25) is 0 Å². The van der Waals surface area contributed by atoms with E-state index in [2.05, 4.69) is 4.98 Å². The van der Waals surface area contributed by atoms with E-state index >= 15 is 0 Å². The van der Waals surface area contributed by atoms with Gasteiger partial charge in [-0.1, -0.05) is 30.3 Å². The van der Waals surface area contributed by atoms with Gasteiger partial charge in [-0.25, -0.2) is 4.79 Å². The van der Waals surface area contributed by atoms with E-state index in [1.165, 1.54) is 4.57 Å². The van der Waals surface area contributed by atoms with E-state index in [4.69, 9.17) is 4.74 Å². The second kappa shape index (κ2) is 7.22. The predicted molar refractivity (Wildman–Crippen MR) is 81.3 cm³/mol. The number of carbonyl (C=O) groups excluding carboxylic acids is 1. The maximum absolute atomic E-state index is 13.3. The van der Waals surface area contributed by atoms with Gasteiger partial charge >= 0.3 is 10.9 Å². The molecule has 0 amide bonds. The molecule has 0 saturated heterocycles. The fourth-order valence-corrected chi connectivity index (χ4v) is 2.46. The van der Waals surface area contributed by atoms with E-state index in [1.807, 2.05) is 30.3 Å². The van der Waals surface area contributed by atoms with Crippen molar-refractivity contribution in [3.05, 3.63) is 58.3 Å². The van der Waals surface area contributed by atoms with Crippen LogP contribution in [0.15, 0.2) is 46.5 Å². The highest BCUT2D eigenvalue weighted by Crippen LogP contribution is 2.21. The van der Waals surface area contributed by atoms with Gasteiger partial charge in [-0.05, 0) is 19.4 Å². The van der Waals surface area contributed by atoms with Crippen LogP contribution >= 0.6 is 11.8 Å². The smallest absolute Gasteiger partial charge is 0.375 e. The first-order valence-electron chi connectivity index (χ1n) is 6.64. The van der Waals surface area contributed by atoms with Crippen LogP contribution in [0.5, 0.6) is 0 Å². The molecular weight excluding hydrogens is 307 g/mol. The summed E-state index contributed by atoms with van der Waals surface area (Å²) < 4.78 is 19.8. The Morgan fingerprint density at radius 2 is 2.05 bits per heavy atom. The van der Waals surface area contributed by atoms with Crippen molar-refractivity contribution < 1.29 is 13.9 Å². The number of thioether (sulfide) groups is 1. The maximum atomic E-state index is 13.3. The first-order valence-corrected chi connectivity index (χ1v) is 7.46. The first-order chi connectivity index (χ1) is 10.5. The highest BCUT2D eigenvalue weighted by Gasteiger charge is 2.16. The molecule has 5 nitrogen and oxygen atoms in total. The molecule has 0 aliphatic heterocycles. The number of hydrogen-bond donors (Lipinski definition) is 0. The summed E-state index contributed by atoms with van der Waals surface area (Å²) in [5.74, 6) is -0.948. The number of aromatic nitrogens is 2. The molecular formula is C15H15FN2O3S. The Balaban J connectivity index is 2.08. The molecule has 0 unspecified atom stereocenters. The molecule has 0 aliphatic rings. The Hall–Kier alpha value is -2.15. The van der Waals surface area contributed by atoms with Crippen molar-refractivity contribution in [2.45, 2.75) is 31.7 Å². The van der Waals surface area contributed by atoms with Gasteiger partial charge in [0.25, 0.3) is 0 Å². The molecule has 7 heteroatoms. The number of rotatable bonds is 4. The summed E-state index contributed by atoms with van der Waals surface area (Å²) in [5, 5.41) is -0.490. The number of nitrogens with zero attached hydrogens (tertiary/aromatic N) is 2. The minimum absolute atomic E-state index is 0.111. The number of halogens is 1. The standard InChI is InChI=1S/C15H15FN2O3S/c1-10(2)18-8-12(16)13(19)17-14(18)22-15(20)21-9-11-6-4-3-5-7-11/h3-8,10H,9H2,1-2H3. The zero-order chi connectivity index (χ0) is 16.1. The lowest BCUT2D eigenvalue weighted by Crippen LogP contribution is -2.19. The lowest BCUT2D eigenvalue weighted by Gasteiger charge is -2.14. The van der Waals surface area contributed by atoms with Crippen LogP contribution in [0.3, 0.4) is 0 Å². The van der Waals surface area contributed by atoms with Crippen LogP contribution in [0, 0.1) is 5.82 Å². The van der Waals surface area contributed by atoms with Gasteiger partial charge in [0.1, 0.15) is 6.61 Å². The average molecular weight is 322 g/mol. The SMILES string of the molecule is CC(C)n1cc(F)c(=O)nc1SC(=O)OCc1ccccc1. The van der Waals surface area contributed by atoms with Gasteiger partial charge < -0.3 is 9.30 Å². The molecule has 0 fully saturated rings. The lowest BCUT2D eigenvalue weighted by molar-refractivity contribution is 0.168. The quantitative estimate of drug-likeness (QED) is 0.490. The van der Waals surface area contributed by atoms with Crippen LogP contribution in [0.1, 0.15) is 25.5 Å². The second-order valence-corrected chi connectivity index (χ2v) is 5.71. The third-order valence-electron chi connectivity index (χ3n) is 2.81. The molecule has 116 valence electrons. The summed E-state index contributed by atoms with van der Waals surface area (Å²) in [7, 11) is 0. The van der Waals surface area contributed by atoms with Crippen molar-refractivity contribution >= 4 is 17.1 Å². The molecule has 0 radical (unpaired) electrons. The fraction of sp³-hybridized carbons (Fsp3) is 0.267. The van der Waals surface area contributed by atoms with E-state index < -0.39 is 16.7 Å². The topological polar surface area (TPSA) is 61.2 Å². The maximum Gasteiger partial charge on any atom is 0.375 e. The van der Waals surface area contributed by atoms with Crippen molar-refractivity contribution in [3.8, 4) is 0 Å². The Kier molecular flexibility index (Phi) is 5.32. The van der Waals surface area contributed by atoms with Gasteiger partial charge in [-0.15, -0.1) is 0 Å². The zero-order valence-electron chi connectivity index (χ0n) is 12.2. The normalized spacial score (nSPS) is 10.7. The van der Waals surface area contributed by atoms with E-state index in [-0.39, 0.29) is 17.8 Å². The van der Waals surface area contributed by atoms with Crippen LogP contribution in [0.25, 0.3) is 0 Å². The largest absolute Gasteiger partial charge is 0.452 e. The molecule has 1 aromatic carbocycles. The zero-order valence-corrected chi connectivity index (χ0v) is 13.0. The number of carbonyl (C=O) groups is 1. The minimum Gasteiger partial charge on any atom is -0.452 e. The van der Waals surface area contributed by atoms with Crippen LogP contribution in [-0.4, -0.2) is 14.9 Å². The van der Waals surface area contributed by atoms with E-state index in [0.717, 1.165) is 11.8 Å². The lowest BCUT2D eigenvalue weighted by atomic mass is 10.2. The summed E-state index contributed by atoms with van der Waals surface area (Å²) in [6.45, 7) is 3.72. The van der Waals surface area contributed by atoms with Crippen LogP contribution < -0.4 is 5.56 Å². The molecule has 2 rings (SSSR count). The molecule has 22 heavy (non-hydrogen) atoms. The van der Waals surface area contributed by atoms with Crippen molar-refractivity contribution in [2.75, 3.05) is 0 Å². The summed E-state index contributed by atoms with van der Waals surface area (Å²) in [6.07, 6.45) is 1.05. The Bertz CT molecular complexity index is 716. The molecule has 0 atom stereocenters. The van der Waals surface area contributed by atoms with Gasteiger partial charge in [0.05, 0.1) is 0 Å². The molecule has 0 N–H and O–H groups in total. The molecule has 0 spiro atoms. The van der Waals surface area contributed by atoms with Crippen molar-refractivity contribution in [2.24, 2.45) is 0 Å². The highest BCUT2D eigenvalue weighted by molar-refractivity contribution is 8.13. The molecule has 0 saturated carbocycles. The van der Waals surface area contributed by atoms with Gasteiger partial charge in [0, 0.05) is 24.0 Å². The molecule has 2 aromatic rings. The minimum atomic E-state index is -0.991. The first kappa shape index (κ1) is 16.2. The predicted octanol–water partition coefficient (Wildman–Crippen LogP) is 3.39. The van der Waals surface area contributed by atoms with Crippen molar-refractivity contribution in [3.63, 3.8) is 0 Å². The van der Waals surface area contributed by atoms with Gasteiger partial charge in [-0.2, -0.15) is 9.37 Å². The molecule has 1 heterocycles. The summed E-state index contributed by atoms with van der Waals surface area (Å²) >= 11 is 0.665. The van der Waals surface area contributed by atoms with E-state index in [0.29, 0.717) is 11.8 Å². The fourth-order valence-electron chi connectivity index (χ4n) is 1.70. The third kappa shape index (κ3) is 4.17. The van der Waals surface area contributed by atoms with Gasteiger partial charge in [0.15, 0.2) is 5.16 Å². The summed E-state index contributed by atoms with van der Waals surface area (Å²) in [5.41, 5.74) is -0.139. The van der Waals surface area contributed by atoms with Gasteiger partial charge in [-0.3, -0.25) is 4.79 Å². The number of ether oxygens (including phenoxy) is 1. The third-order valence-corrected chi connectivity index (χ3v) is 3.57. The van der Waals surface area contributed by atoms with Crippen molar-refractivity contribution in [1.82, 2.24) is 9.55 Å². The summed E-state index contributed by atoms with van der Waals surface area (Å²) in [4.78, 5) is 26.7. The Morgan fingerprint density at radius 3 is 2.68 bits per heavy atom. The molecule has 0 aliphatic carbocycles. The Labute approximate surface area is 131 Å². The monoisotopic (exact) mass is 322 g/mol. The van der Waals surface area contributed by atoms with E-state index in [1.54, 1.807) is 13.8 Å². The highest BCUT2D eigenvalue weighted by atomic mass is 32.2. The number of benzene rings is 1. The van der Waals surface area contributed by atoms with Crippen molar-refractivity contribution in [1.29, 1.82) is 0 Å². The van der Waals surface area contributed by atoms with E-state index in [9.17, 15) is 14.0 Å². The van der Waals surface area contributed by atoms with Crippen LogP contribution in [-0.2, 0) is 11.3 Å². The average Bonchev–Trinajstić information content (AvgIpc) is 2.49. The van der Waals surface area contributed by atoms with Crippen LogP contribution in [0.4, 0.5) is 9.18 Å². The second-order valence-electron chi connectivity index (χ2n) is 4.80.